The molecule has 0 aliphatic rings. The van der Waals surface area contributed by atoms with Crippen LogP contribution in [0.4, 0.5) is 0 Å². The van der Waals surface area contributed by atoms with E-state index in [0.29, 0.717) is 25.7 Å². The van der Waals surface area contributed by atoms with Gasteiger partial charge >= 0.3 is 0 Å². The minimum atomic E-state index is -0.0433. The molecule has 6 nitrogen and oxygen atoms in total. The molecule has 0 aliphatic carbocycles. The number of Topliss-reactive ketones (excluding diaryl/α,β-unsaturated/α-hetero) is 6. The zero-order chi connectivity index (χ0) is 21.4. The quantitative estimate of drug-likeness (QED) is 0.329. The second-order valence-electron chi connectivity index (χ2n) is 7.35. The van der Waals surface area contributed by atoms with Gasteiger partial charge in [0.25, 0.3) is 0 Å². The minimum absolute atomic E-state index is 0.00256. The fourth-order valence-corrected chi connectivity index (χ4v) is 2.74. The van der Waals surface area contributed by atoms with Crippen LogP contribution in [0.1, 0.15) is 104 Å². The zero-order valence-electron chi connectivity index (χ0n) is 17.3. The Bertz CT molecular complexity index is 561. The molecule has 28 heavy (non-hydrogen) atoms. The summed E-state index contributed by atoms with van der Waals surface area (Å²) < 4.78 is 0. The van der Waals surface area contributed by atoms with E-state index in [1.54, 1.807) is 0 Å². The van der Waals surface area contributed by atoms with Crippen molar-refractivity contribution in [3.63, 3.8) is 0 Å². The highest BCUT2D eigenvalue weighted by Crippen LogP contribution is 2.09. The fourth-order valence-electron chi connectivity index (χ4n) is 2.74. The topological polar surface area (TPSA) is 102 Å². The second-order valence-corrected chi connectivity index (χ2v) is 7.35. The molecule has 0 saturated heterocycles. The highest BCUT2D eigenvalue weighted by atomic mass is 16.1. The van der Waals surface area contributed by atoms with Crippen LogP contribution in [0, 0.1) is 0 Å². The Balaban J connectivity index is 3.73. The predicted octanol–water partition coefficient (Wildman–Crippen LogP) is 3.90. The van der Waals surface area contributed by atoms with Crippen molar-refractivity contribution in [2.24, 2.45) is 0 Å². The number of rotatable bonds is 19. The van der Waals surface area contributed by atoms with Crippen LogP contribution in [0.5, 0.6) is 0 Å². The van der Waals surface area contributed by atoms with Gasteiger partial charge in [-0.25, -0.2) is 0 Å². The molecule has 0 aromatic carbocycles. The van der Waals surface area contributed by atoms with Gasteiger partial charge in [-0.3, -0.25) is 24.0 Å². The van der Waals surface area contributed by atoms with Crippen LogP contribution in [0.25, 0.3) is 0 Å². The van der Waals surface area contributed by atoms with Crippen molar-refractivity contribution < 1.29 is 28.8 Å². The lowest BCUT2D eigenvalue weighted by Gasteiger charge is -2.03. The summed E-state index contributed by atoms with van der Waals surface area (Å²) in [4.78, 5) is 69.0. The number of carbonyl (C=O) groups is 6. The third kappa shape index (κ3) is 16.2. The van der Waals surface area contributed by atoms with Gasteiger partial charge in [0, 0.05) is 70.6 Å². The molecule has 0 unspecified atom stereocenters. The Kier molecular flexibility index (Phi) is 14.9. The molecule has 0 N–H and O–H groups in total. The Hall–Kier alpha value is -1.98. The average Bonchev–Trinajstić information content (AvgIpc) is 2.63. The van der Waals surface area contributed by atoms with Crippen LogP contribution in [0.15, 0.2) is 0 Å². The molecule has 0 spiro atoms. The Morgan fingerprint density at radius 2 is 0.714 bits per heavy atom. The van der Waals surface area contributed by atoms with E-state index in [1.807, 2.05) is 6.92 Å². The Morgan fingerprint density at radius 1 is 0.429 bits per heavy atom. The summed E-state index contributed by atoms with van der Waals surface area (Å²) >= 11 is 0. The molecule has 0 bridgehead atoms. The van der Waals surface area contributed by atoms with E-state index < -0.39 is 0 Å². The largest absolute Gasteiger partial charge is 0.300 e. The molecule has 0 rings (SSSR count). The predicted molar refractivity (Wildman–Crippen MR) is 106 cm³/mol. The summed E-state index contributed by atoms with van der Waals surface area (Å²) in [6.07, 6.45) is 4.66. The normalized spacial score (nSPS) is 10.5. The van der Waals surface area contributed by atoms with Crippen molar-refractivity contribution >= 4 is 34.7 Å². The van der Waals surface area contributed by atoms with Crippen LogP contribution in [0.2, 0.25) is 0 Å². The average molecular weight is 395 g/mol. The van der Waals surface area contributed by atoms with E-state index >= 15 is 0 Å². The molecule has 0 atom stereocenters. The monoisotopic (exact) mass is 394 g/mol. The zero-order valence-corrected chi connectivity index (χ0v) is 17.3. The van der Waals surface area contributed by atoms with E-state index in [2.05, 4.69) is 0 Å². The Morgan fingerprint density at radius 3 is 1.00 bits per heavy atom. The first kappa shape index (κ1) is 26.0. The summed E-state index contributed by atoms with van der Waals surface area (Å²) in [5.74, 6) is -0.0116. The maximum atomic E-state index is 11.8. The molecule has 0 saturated carbocycles. The van der Waals surface area contributed by atoms with Crippen molar-refractivity contribution in [2.75, 3.05) is 0 Å². The van der Waals surface area contributed by atoms with Crippen LogP contribution in [-0.4, -0.2) is 34.7 Å². The number of hydrogen-bond donors (Lipinski definition) is 0. The van der Waals surface area contributed by atoms with E-state index in [-0.39, 0.29) is 92.5 Å². The SMILES string of the molecule is CCCC(=O)CCC(=O)CCCC(=O)CCC(=O)CCCC(=O)CCC(C)=O. The lowest BCUT2D eigenvalue weighted by molar-refractivity contribution is -0.125. The summed E-state index contributed by atoms with van der Waals surface area (Å²) in [6, 6.07) is 0. The van der Waals surface area contributed by atoms with Gasteiger partial charge in [0.1, 0.15) is 34.7 Å². The van der Waals surface area contributed by atoms with E-state index in [4.69, 9.17) is 0 Å². The maximum absolute atomic E-state index is 11.8. The molecule has 158 valence electrons. The molecule has 6 heteroatoms. The third-order valence-electron chi connectivity index (χ3n) is 4.47. The van der Waals surface area contributed by atoms with Crippen LogP contribution >= 0.6 is 0 Å². The summed E-state index contributed by atoms with van der Waals surface area (Å²) in [6.45, 7) is 3.37. The van der Waals surface area contributed by atoms with Gasteiger partial charge in [-0.1, -0.05) is 6.92 Å². The van der Waals surface area contributed by atoms with Crippen molar-refractivity contribution in [1.82, 2.24) is 0 Å². The second kappa shape index (κ2) is 16.0. The molecule has 0 fully saturated rings. The van der Waals surface area contributed by atoms with Crippen LogP contribution in [0.3, 0.4) is 0 Å². The highest BCUT2D eigenvalue weighted by molar-refractivity contribution is 5.88. The van der Waals surface area contributed by atoms with Gasteiger partial charge in [-0.15, -0.1) is 0 Å². The van der Waals surface area contributed by atoms with E-state index in [9.17, 15) is 28.8 Å². The number of ketones is 6. The molecule has 0 aromatic heterocycles. The Labute approximate surface area is 167 Å². The molecule has 0 heterocycles. The van der Waals surface area contributed by atoms with Crippen molar-refractivity contribution in [2.45, 2.75) is 104 Å². The van der Waals surface area contributed by atoms with Crippen molar-refractivity contribution in [1.29, 1.82) is 0 Å². The third-order valence-corrected chi connectivity index (χ3v) is 4.47. The van der Waals surface area contributed by atoms with Gasteiger partial charge < -0.3 is 4.79 Å². The fraction of sp³-hybridized carbons (Fsp3) is 0.727. The lowest BCUT2D eigenvalue weighted by atomic mass is 10.0. The van der Waals surface area contributed by atoms with Gasteiger partial charge in [0.15, 0.2) is 0 Å². The summed E-state index contributed by atoms with van der Waals surface area (Å²) in [7, 11) is 0. The van der Waals surface area contributed by atoms with Gasteiger partial charge in [-0.2, -0.15) is 0 Å². The smallest absolute Gasteiger partial charge is 0.133 e. The van der Waals surface area contributed by atoms with Crippen molar-refractivity contribution in [3.8, 4) is 0 Å². The number of hydrogen-bond acceptors (Lipinski definition) is 6. The first-order valence-electron chi connectivity index (χ1n) is 10.3. The molecule has 0 radical (unpaired) electrons. The molecule has 0 aromatic rings. The van der Waals surface area contributed by atoms with Gasteiger partial charge in [-0.05, 0) is 26.2 Å². The molecular formula is C22H34O6. The van der Waals surface area contributed by atoms with E-state index in [0.717, 1.165) is 6.42 Å². The number of carbonyl (C=O) groups excluding carboxylic acids is 6. The first-order valence-corrected chi connectivity index (χ1v) is 10.3. The standard InChI is InChI=1S/C22H34O6/c1-3-6-18(24)13-14-20(26)9-5-10-22(28)16-15-21(27)8-4-7-19(25)12-11-17(2)23/h3-16H2,1-2H3. The summed E-state index contributed by atoms with van der Waals surface area (Å²) in [5, 5.41) is 0. The highest BCUT2D eigenvalue weighted by Gasteiger charge is 2.11. The van der Waals surface area contributed by atoms with Crippen LogP contribution < -0.4 is 0 Å². The lowest BCUT2D eigenvalue weighted by Crippen LogP contribution is -2.07. The minimum Gasteiger partial charge on any atom is -0.300 e. The summed E-state index contributed by atoms with van der Waals surface area (Å²) in [5.41, 5.74) is 0. The van der Waals surface area contributed by atoms with E-state index in [1.165, 1.54) is 6.92 Å². The molecular weight excluding hydrogens is 360 g/mol. The van der Waals surface area contributed by atoms with Crippen molar-refractivity contribution in [3.05, 3.63) is 0 Å². The van der Waals surface area contributed by atoms with Gasteiger partial charge in [0.05, 0.1) is 0 Å². The molecule has 0 aliphatic heterocycles. The first-order chi connectivity index (χ1) is 13.2. The van der Waals surface area contributed by atoms with Crippen LogP contribution in [-0.2, 0) is 28.8 Å². The van der Waals surface area contributed by atoms with Gasteiger partial charge in [0.2, 0.25) is 0 Å². The molecule has 0 amide bonds. The maximum Gasteiger partial charge on any atom is 0.133 e.